The third-order valence-corrected chi connectivity index (χ3v) is 4.74. The minimum absolute atomic E-state index is 0.849. The highest BCUT2D eigenvalue weighted by Gasteiger charge is 2.29. The van der Waals surface area contributed by atoms with Crippen molar-refractivity contribution in [3.05, 3.63) is 35.4 Å². The van der Waals surface area contributed by atoms with Crippen molar-refractivity contribution in [2.75, 3.05) is 0 Å². The van der Waals surface area contributed by atoms with E-state index in [2.05, 4.69) is 38.1 Å². The van der Waals surface area contributed by atoms with Crippen LogP contribution in [0.5, 0.6) is 0 Å². The van der Waals surface area contributed by atoms with Gasteiger partial charge in [0.25, 0.3) is 0 Å². The van der Waals surface area contributed by atoms with Crippen LogP contribution in [0.1, 0.15) is 94.6 Å². The molecule has 0 spiro atoms. The van der Waals surface area contributed by atoms with Gasteiger partial charge in [0, 0.05) is 0 Å². The topological polar surface area (TPSA) is 0 Å². The molecule has 0 saturated carbocycles. The minimum atomic E-state index is 0.849. The summed E-state index contributed by atoms with van der Waals surface area (Å²) < 4.78 is 0. The van der Waals surface area contributed by atoms with Crippen molar-refractivity contribution in [2.45, 2.75) is 83.5 Å². The number of hydrogen-bond donors (Lipinski definition) is 0. The molecule has 0 bridgehead atoms. The molecule has 106 valence electrons. The van der Waals surface area contributed by atoms with Crippen LogP contribution in [0.15, 0.2) is 24.3 Å². The largest absolute Gasteiger partial charge is 0.0654 e. The fourth-order valence-corrected chi connectivity index (χ4v) is 3.74. The van der Waals surface area contributed by atoms with E-state index in [1.165, 1.54) is 57.8 Å². The van der Waals surface area contributed by atoms with E-state index in [1.54, 1.807) is 11.1 Å². The summed E-state index contributed by atoms with van der Waals surface area (Å²) in [4.78, 5) is 0. The fourth-order valence-electron chi connectivity index (χ4n) is 3.74. The Balaban J connectivity index is 1.88. The molecule has 1 aromatic carbocycles. The maximum absolute atomic E-state index is 2.39. The SMILES string of the molecule is CCCCCCCC1CC(CCC)c2ccccc21. The minimum Gasteiger partial charge on any atom is -0.0654 e. The van der Waals surface area contributed by atoms with Crippen LogP contribution in [0, 0.1) is 0 Å². The molecule has 0 aromatic heterocycles. The zero-order valence-electron chi connectivity index (χ0n) is 12.8. The van der Waals surface area contributed by atoms with E-state index in [0.29, 0.717) is 0 Å². The van der Waals surface area contributed by atoms with Gasteiger partial charge in [-0.2, -0.15) is 0 Å². The summed E-state index contributed by atoms with van der Waals surface area (Å²) in [6.07, 6.45) is 12.6. The molecule has 0 amide bonds. The van der Waals surface area contributed by atoms with E-state index in [0.717, 1.165) is 11.8 Å². The molecule has 1 aliphatic rings. The number of fused-ring (bicyclic) bond motifs is 1. The van der Waals surface area contributed by atoms with E-state index < -0.39 is 0 Å². The zero-order chi connectivity index (χ0) is 13.5. The summed E-state index contributed by atoms with van der Waals surface area (Å²) in [5.74, 6) is 1.70. The summed E-state index contributed by atoms with van der Waals surface area (Å²) >= 11 is 0. The molecule has 0 nitrogen and oxygen atoms in total. The maximum atomic E-state index is 2.39. The van der Waals surface area contributed by atoms with Gasteiger partial charge in [-0.15, -0.1) is 0 Å². The normalized spacial score (nSPS) is 21.6. The Morgan fingerprint density at radius 1 is 0.789 bits per heavy atom. The molecule has 0 N–H and O–H groups in total. The van der Waals surface area contributed by atoms with Crippen LogP contribution in [0.25, 0.3) is 0 Å². The van der Waals surface area contributed by atoms with Gasteiger partial charge >= 0.3 is 0 Å². The quantitative estimate of drug-likeness (QED) is 0.472. The second-order valence-electron chi connectivity index (χ2n) is 6.25. The second-order valence-corrected chi connectivity index (χ2v) is 6.25. The van der Waals surface area contributed by atoms with Crippen LogP contribution >= 0.6 is 0 Å². The first kappa shape index (κ1) is 14.6. The Labute approximate surface area is 119 Å². The highest BCUT2D eigenvalue weighted by atomic mass is 14.3. The van der Waals surface area contributed by atoms with E-state index in [1.807, 2.05) is 0 Å². The molecule has 0 heteroatoms. The van der Waals surface area contributed by atoms with Gasteiger partial charge in [0.05, 0.1) is 0 Å². The molecule has 1 aromatic rings. The molecule has 2 rings (SSSR count). The monoisotopic (exact) mass is 258 g/mol. The van der Waals surface area contributed by atoms with Crippen molar-refractivity contribution in [2.24, 2.45) is 0 Å². The molecule has 0 radical (unpaired) electrons. The summed E-state index contributed by atoms with van der Waals surface area (Å²) in [6.45, 7) is 4.61. The highest BCUT2D eigenvalue weighted by molar-refractivity contribution is 5.38. The highest BCUT2D eigenvalue weighted by Crippen LogP contribution is 2.45. The summed E-state index contributed by atoms with van der Waals surface area (Å²) in [5.41, 5.74) is 3.35. The first-order valence-corrected chi connectivity index (χ1v) is 8.45. The average molecular weight is 258 g/mol. The number of unbranched alkanes of at least 4 members (excludes halogenated alkanes) is 4. The standard InChI is InChI=1S/C19H30/c1-3-5-6-7-8-12-17-15-16(11-4-2)18-13-9-10-14-19(17)18/h9-10,13-14,16-17H,3-8,11-12,15H2,1-2H3. The van der Waals surface area contributed by atoms with E-state index in [4.69, 9.17) is 0 Å². The Hall–Kier alpha value is -0.780. The Morgan fingerprint density at radius 2 is 1.42 bits per heavy atom. The summed E-state index contributed by atoms with van der Waals surface area (Å²) in [5, 5.41) is 0. The second kappa shape index (κ2) is 7.72. The molecule has 0 heterocycles. The average Bonchev–Trinajstić information content (AvgIpc) is 2.78. The van der Waals surface area contributed by atoms with Crippen molar-refractivity contribution in [1.82, 2.24) is 0 Å². The Morgan fingerprint density at radius 3 is 2.05 bits per heavy atom. The van der Waals surface area contributed by atoms with Gasteiger partial charge < -0.3 is 0 Å². The Kier molecular flexibility index (Phi) is 5.94. The van der Waals surface area contributed by atoms with Crippen LogP contribution in [-0.4, -0.2) is 0 Å². The van der Waals surface area contributed by atoms with Gasteiger partial charge in [-0.3, -0.25) is 0 Å². The molecule has 2 atom stereocenters. The van der Waals surface area contributed by atoms with Crippen LogP contribution in [0.3, 0.4) is 0 Å². The van der Waals surface area contributed by atoms with Crippen LogP contribution < -0.4 is 0 Å². The van der Waals surface area contributed by atoms with Crippen molar-refractivity contribution < 1.29 is 0 Å². The number of rotatable bonds is 8. The lowest BCUT2D eigenvalue weighted by molar-refractivity contribution is 0.498. The van der Waals surface area contributed by atoms with Crippen LogP contribution in [0.2, 0.25) is 0 Å². The predicted octanol–water partition coefficient (Wildman–Crippen LogP) is 6.42. The lowest BCUT2D eigenvalue weighted by atomic mass is 9.93. The summed E-state index contributed by atoms with van der Waals surface area (Å²) in [7, 11) is 0. The van der Waals surface area contributed by atoms with Crippen molar-refractivity contribution in [3.8, 4) is 0 Å². The first-order chi connectivity index (χ1) is 9.36. The van der Waals surface area contributed by atoms with Gasteiger partial charge in [-0.1, -0.05) is 76.6 Å². The molecule has 0 fully saturated rings. The molecule has 0 saturated heterocycles. The number of hydrogen-bond acceptors (Lipinski definition) is 0. The van der Waals surface area contributed by atoms with Crippen LogP contribution in [-0.2, 0) is 0 Å². The number of benzene rings is 1. The van der Waals surface area contributed by atoms with E-state index >= 15 is 0 Å². The fraction of sp³-hybridized carbons (Fsp3) is 0.684. The van der Waals surface area contributed by atoms with E-state index in [9.17, 15) is 0 Å². The third kappa shape index (κ3) is 3.84. The zero-order valence-corrected chi connectivity index (χ0v) is 12.8. The molecule has 0 aliphatic heterocycles. The molecule has 19 heavy (non-hydrogen) atoms. The van der Waals surface area contributed by atoms with Crippen molar-refractivity contribution >= 4 is 0 Å². The molecular formula is C19H30. The third-order valence-electron chi connectivity index (χ3n) is 4.74. The lowest BCUT2D eigenvalue weighted by Crippen LogP contribution is -1.94. The molecule has 2 unspecified atom stereocenters. The van der Waals surface area contributed by atoms with Gasteiger partial charge in [0.2, 0.25) is 0 Å². The predicted molar refractivity (Wildman–Crippen MR) is 84.8 cm³/mol. The van der Waals surface area contributed by atoms with Gasteiger partial charge in [0.1, 0.15) is 0 Å². The lowest BCUT2D eigenvalue weighted by Gasteiger charge is -2.11. The van der Waals surface area contributed by atoms with E-state index in [-0.39, 0.29) is 0 Å². The first-order valence-electron chi connectivity index (χ1n) is 8.45. The maximum Gasteiger partial charge on any atom is -0.0153 e. The van der Waals surface area contributed by atoms with Gasteiger partial charge in [-0.05, 0) is 42.2 Å². The Bertz CT molecular complexity index is 366. The van der Waals surface area contributed by atoms with Gasteiger partial charge in [0.15, 0.2) is 0 Å². The molecule has 1 aliphatic carbocycles. The molecular weight excluding hydrogens is 228 g/mol. The van der Waals surface area contributed by atoms with Crippen molar-refractivity contribution in [1.29, 1.82) is 0 Å². The van der Waals surface area contributed by atoms with Crippen LogP contribution in [0.4, 0.5) is 0 Å². The van der Waals surface area contributed by atoms with Gasteiger partial charge in [-0.25, -0.2) is 0 Å². The summed E-state index contributed by atoms with van der Waals surface area (Å²) in [6, 6.07) is 9.23. The van der Waals surface area contributed by atoms with Crippen molar-refractivity contribution in [3.63, 3.8) is 0 Å². The smallest absolute Gasteiger partial charge is 0.0153 e.